The second-order valence-corrected chi connectivity index (χ2v) is 5.91. The van der Waals surface area contributed by atoms with Crippen molar-refractivity contribution in [3.05, 3.63) is 65.8 Å². The van der Waals surface area contributed by atoms with Crippen LogP contribution >= 0.6 is 0 Å². The summed E-state index contributed by atoms with van der Waals surface area (Å²) in [5, 5.41) is 6.66. The third kappa shape index (κ3) is 2.71. The molecule has 5 nitrogen and oxygen atoms in total. The Balaban J connectivity index is 1.36. The van der Waals surface area contributed by atoms with Gasteiger partial charge in [0.15, 0.2) is 11.5 Å². The van der Waals surface area contributed by atoms with Gasteiger partial charge in [0.1, 0.15) is 5.82 Å². The zero-order valence-corrected chi connectivity index (χ0v) is 12.7. The van der Waals surface area contributed by atoms with Crippen molar-refractivity contribution < 1.29 is 18.1 Å². The van der Waals surface area contributed by atoms with Gasteiger partial charge in [0.2, 0.25) is 5.76 Å². The molecule has 0 saturated heterocycles. The lowest BCUT2D eigenvalue weighted by Gasteiger charge is -2.36. The molecular formula is C18H15FN2O3. The summed E-state index contributed by atoms with van der Waals surface area (Å²) in [7, 11) is 0. The maximum atomic E-state index is 13.7. The predicted molar refractivity (Wildman–Crippen MR) is 83.8 cm³/mol. The van der Waals surface area contributed by atoms with Crippen molar-refractivity contribution in [2.24, 2.45) is 0 Å². The zero-order valence-electron chi connectivity index (χ0n) is 12.7. The lowest BCUT2D eigenvalue weighted by atomic mass is 9.75. The van der Waals surface area contributed by atoms with Gasteiger partial charge in [0.05, 0.1) is 6.26 Å². The summed E-state index contributed by atoms with van der Waals surface area (Å²) < 4.78 is 24.0. The van der Waals surface area contributed by atoms with E-state index in [0.717, 1.165) is 12.8 Å². The number of furan rings is 1. The Hall–Kier alpha value is -2.89. The molecule has 24 heavy (non-hydrogen) atoms. The number of hydrogen-bond acceptors (Lipinski definition) is 4. The van der Waals surface area contributed by atoms with Crippen molar-refractivity contribution >= 4 is 5.91 Å². The highest BCUT2D eigenvalue weighted by molar-refractivity contribution is 5.93. The van der Waals surface area contributed by atoms with E-state index in [1.165, 1.54) is 12.3 Å². The third-order valence-corrected chi connectivity index (χ3v) is 4.33. The Morgan fingerprint density at radius 2 is 2.00 bits per heavy atom. The summed E-state index contributed by atoms with van der Waals surface area (Å²) in [5.41, 5.74) is 0.917. The van der Waals surface area contributed by atoms with Crippen LogP contribution in [0, 0.1) is 5.82 Å². The van der Waals surface area contributed by atoms with Crippen LogP contribution in [0.3, 0.4) is 0 Å². The normalized spacial score (nSPS) is 19.7. The molecule has 2 aromatic heterocycles. The number of carbonyl (C=O) groups is 1. The highest BCUT2D eigenvalue weighted by Crippen LogP contribution is 2.38. The molecule has 2 heterocycles. The van der Waals surface area contributed by atoms with Gasteiger partial charge < -0.3 is 14.3 Å². The number of rotatable bonds is 4. The van der Waals surface area contributed by atoms with Gasteiger partial charge in [-0.2, -0.15) is 0 Å². The SMILES string of the molecule is O=C(NC1CC(c2ccccc2F)C1)c1cc(-c2ccco2)on1. The summed E-state index contributed by atoms with van der Waals surface area (Å²) in [6, 6.07) is 11.8. The van der Waals surface area contributed by atoms with Crippen molar-refractivity contribution in [1.82, 2.24) is 10.5 Å². The Labute approximate surface area is 137 Å². The molecular weight excluding hydrogens is 311 g/mol. The highest BCUT2D eigenvalue weighted by Gasteiger charge is 2.33. The average molecular weight is 326 g/mol. The van der Waals surface area contributed by atoms with Gasteiger partial charge in [-0.15, -0.1) is 0 Å². The number of amides is 1. The maximum absolute atomic E-state index is 13.7. The molecule has 1 aromatic carbocycles. The topological polar surface area (TPSA) is 68.3 Å². The van der Waals surface area contributed by atoms with Gasteiger partial charge in [-0.05, 0) is 42.5 Å². The Morgan fingerprint density at radius 1 is 1.17 bits per heavy atom. The van der Waals surface area contributed by atoms with Crippen molar-refractivity contribution in [2.45, 2.75) is 24.8 Å². The fourth-order valence-corrected chi connectivity index (χ4v) is 2.97. The van der Waals surface area contributed by atoms with E-state index in [1.54, 1.807) is 30.3 Å². The number of hydrogen-bond donors (Lipinski definition) is 1. The largest absolute Gasteiger partial charge is 0.461 e. The minimum Gasteiger partial charge on any atom is -0.461 e. The van der Waals surface area contributed by atoms with Gasteiger partial charge >= 0.3 is 0 Å². The lowest BCUT2D eigenvalue weighted by molar-refractivity contribution is 0.0899. The molecule has 0 spiro atoms. The van der Waals surface area contributed by atoms with Gasteiger partial charge in [-0.1, -0.05) is 23.4 Å². The third-order valence-electron chi connectivity index (χ3n) is 4.33. The highest BCUT2D eigenvalue weighted by atomic mass is 19.1. The molecule has 1 aliphatic carbocycles. The number of carbonyl (C=O) groups excluding carboxylic acids is 1. The first-order valence-electron chi connectivity index (χ1n) is 7.76. The van der Waals surface area contributed by atoms with E-state index in [9.17, 15) is 9.18 Å². The van der Waals surface area contributed by atoms with Crippen LogP contribution in [0.25, 0.3) is 11.5 Å². The van der Waals surface area contributed by atoms with E-state index in [1.807, 2.05) is 6.07 Å². The molecule has 0 atom stereocenters. The summed E-state index contributed by atoms with van der Waals surface area (Å²) in [5.74, 6) is 0.584. The summed E-state index contributed by atoms with van der Waals surface area (Å²) >= 11 is 0. The van der Waals surface area contributed by atoms with Gasteiger partial charge in [0.25, 0.3) is 5.91 Å². The van der Waals surface area contributed by atoms with Crippen molar-refractivity contribution in [2.75, 3.05) is 0 Å². The zero-order chi connectivity index (χ0) is 16.5. The fourth-order valence-electron chi connectivity index (χ4n) is 2.97. The standard InChI is InChI=1S/C18H15FN2O3/c19-14-5-2-1-4-13(14)11-8-12(9-11)20-18(22)15-10-17(24-21-15)16-6-3-7-23-16/h1-7,10-12H,8-9H2,(H,20,22). The van der Waals surface area contributed by atoms with Crippen LogP contribution in [0.2, 0.25) is 0 Å². The Morgan fingerprint density at radius 3 is 2.75 bits per heavy atom. The van der Waals surface area contributed by atoms with Gasteiger partial charge in [-0.3, -0.25) is 4.79 Å². The second-order valence-electron chi connectivity index (χ2n) is 5.91. The molecule has 1 N–H and O–H groups in total. The molecule has 0 aliphatic heterocycles. The summed E-state index contributed by atoms with van der Waals surface area (Å²) in [6.45, 7) is 0. The van der Waals surface area contributed by atoms with Crippen molar-refractivity contribution in [3.63, 3.8) is 0 Å². The van der Waals surface area contributed by atoms with Gasteiger partial charge in [-0.25, -0.2) is 4.39 Å². The van der Waals surface area contributed by atoms with E-state index in [-0.39, 0.29) is 29.4 Å². The molecule has 1 saturated carbocycles. The molecule has 0 radical (unpaired) electrons. The van der Waals surface area contributed by atoms with Crippen LogP contribution in [-0.2, 0) is 0 Å². The predicted octanol–water partition coefficient (Wildman–Crippen LogP) is 3.75. The molecule has 0 unspecified atom stereocenters. The molecule has 1 fully saturated rings. The van der Waals surface area contributed by atoms with Crippen molar-refractivity contribution in [1.29, 1.82) is 0 Å². The van der Waals surface area contributed by atoms with Gasteiger partial charge in [0, 0.05) is 12.1 Å². The first-order valence-corrected chi connectivity index (χ1v) is 7.76. The molecule has 3 aromatic rings. The fraction of sp³-hybridized carbons (Fsp3) is 0.222. The number of nitrogens with zero attached hydrogens (tertiary/aromatic N) is 1. The molecule has 1 aliphatic rings. The monoisotopic (exact) mass is 326 g/mol. The van der Waals surface area contributed by atoms with Crippen LogP contribution in [0.15, 0.2) is 57.7 Å². The van der Waals surface area contributed by atoms with E-state index in [4.69, 9.17) is 8.94 Å². The summed E-state index contributed by atoms with van der Waals surface area (Å²) in [4.78, 5) is 12.2. The molecule has 4 rings (SSSR count). The number of halogens is 1. The first kappa shape index (κ1) is 14.7. The molecule has 0 bridgehead atoms. The first-order chi connectivity index (χ1) is 11.7. The number of benzene rings is 1. The maximum Gasteiger partial charge on any atom is 0.273 e. The van der Waals surface area contributed by atoms with Crippen LogP contribution in [-0.4, -0.2) is 17.1 Å². The van der Waals surface area contributed by atoms with Crippen LogP contribution in [0.4, 0.5) is 4.39 Å². The molecule has 122 valence electrons. The van der Waals surface area contributed by atoms with E-state index in [0.29, 0.717) is 17.1 Å². The second kappa shape index (κ2) is 5.96. The van der Waals surface area contributed by atoms with Crippen LogP contribution in [0.1, 0.15) is 34.8 Å². The smallest absolute Gasteiger partial charge is 0.273 e. The quantitative estimate of drug-likeness (QED) is 0.793. The average Bonchev–Trinajstić information content (AvgIpc) is 3.22. The van der Waals surface area contributed by atoms with Crippen molar-refractivity contribution in [3.8, 4) is 11.5 Å². The Bertz CT molecular complexity index is 851. The number of aromatic nitrogens is 1. The van der Waals surface area contributed by atoms with E-state index < -0.39 is 0 Å². The minimum absolute atomic E-state index is 0.0193. The van der Waals surface area contributed by atoms with Crippen LogP contribution < -0.4 is 5.32 Å². The minimum atomic E-state index is -0.298. The molecule has 6 heteroatoms. The lowest BCUT2D eigenvalue weighted by Crippen LogP contribution is -2.43. The van der Waals surface area contributed by atoms with E-state index >= 15 is 0 Å². The van der Waals surface area contributed by atoms with E-state index in [2.05, 4.69) is 10.5 Å². The molecule has 1 amide bonds. The van der Waals surface area contributed by atoms with Crippen LogP contribution in [0.5, 0.6) is 0 Å². The number of nitrogens with one attached hydrogen (secondary N) is 1. The summed E-state index contributed by atoms with van der Waals surface area (Å²) in [6.07, 6.45) is 2.96. The Kier molecular flexibility index (Phi) is 3.65.